The summed E-state index contributed by atoms with van der Waals surface area (Å²) in [5, 5.41) is 12.7. The topological polar surface area (TPSA) is 91.9 Å². The van der Waals surface area contributed by atoms with Gasteiger partial charge in [-0.2, -0.15) is 5.10 Å². The van der Waals surface area contributed by atoms with Gasteiger partial charge in [0.15, 0.2) is 0 Å². The summed E-state index contributed by atoms with van der Waals surface area (Å²) in [6, 6.07) is 9.88. The van der Waals surface area contributed by atoms with Gasteiger partial charge in [-0.1, -0.05) is 12.1 Å². The maximum absolute atomic E-state index is 11.6. The average Bonchev–Trinajstić information content (AvgIpc) is 3.10. The van der Waals surface area contributed by atoms with Crippen LogP contribution in [-0.4, -0.2) is 22.7 Å². The molecular weight excluding hydrogens is 284 g/mol. The molecule has 0 saturated carbocycles. The van der Waals surface area contributed by atoms with Crippen molar-refractivity contribution in [3.05, 3.63) is 53.3 Å². The van der Waals surface area contributed by atoms with E-state index in [0.29, 0.717) is 22.8 Å². The summed E-state index contributed by atoms with van der Waals surface area (Å²) in [4.78, 5) is 22.4. The zero-order valence-corrected chi connectivity index (χ0v) is 11.7. The van der Waals surface area contributed by atoms with Crippen LogP contribution in [0.4, 0.5) is 0 Å². The zero-order valence-electron chi connectivity index (χ0n) is 11.7. The third-order valence-corrected chi connectivity index (χ3v) is 3.29. The quantitative estimate of drug-likeness (QED) is 0.851. The Bertz CT molecular complexity index is 813. The van der Waals surface area contributed by atoms with E-state index >= 15 is 0 Å². The second-order valence-corrected chi connectivity index (χ2v) is 4.78. The summed E-state index contributed by atoms with van der Waals surface area (Å²) in [5.74, 6) is -0.115. The van der Waals surface area contributed by atoms with Gasteiger partial charge in [0.1, 0.15) is 11.5 Å². The van der Waals surface area contributed by atoms with Crippen molar-refractivity contribution in [1.29, 1.82) is 0 Å². The molecule has 0 unspecified atom stereocenters. The minimum Gasteiger partial charge on any atom is -0.478 e. The van der Waals surface area contributed by atoms with E-state index in [0.717, 1.165) is 5.56 Å². The molecule has 0 spiro atoms. The highest BCUT2D eigenvalue weighted by atomic mass is 16.4. The molecule has 1 aliphatic heterocycles. The largest absolute Gasteiger partial charge is 0.478 e. The first-order valence-corrected chi connectivity index (χ1v) is 6.55. The first-order valence-electron chi connectivity index (χ1n) is 6.55. The summed E-state index contributed by atoms with van der Waals surface area (Å²) in [6.45, 7) is 1.73. The number of rotatable bonds is 3. The van der Waals surface area contributed by atoms with Crippen molar-refractivity contribution in [1.82, 2.24) is 5.43 Å². The van der Waals surface area contributed by atoms with Crippen LogP contribution >= 0.6 is 0 Å². The number of hydrogen-bond donors (Lipinski definition) is 2. The molecule has 0 aliphatic carbocycles. The highest BCUT2D eigenvalue weighted by Gasteiger charge is 2.19. The Balaban J connectivity index is 1.88. The van der Waals surface area contributed by atoms with Gasteiger partial charge in [-0.25, -0.2) is 10.2 Å². The molecule has 3 rings (SSSR count). The SMILES string of the molecule is CC1=NNC(=O)C1=Cc1ccc(-c2ccc(C(=O)O)cc2)o1. The van der Waals surface area contributed by atoms with Crippen molar-refractivity contribution in [2.75, 3.05) is 0 Å². The molecule has 2 N–H and O–H groups in total. The van der Waals surface area contributed by atoms with Gasteiger partial charge in [-0.15, -0.1) is 0 Å². The van der Waals surface area contributed by atoms with E-state index in [1.165, 1.54) is 12.1 Å². The summed E-state index contributed by atoms with van der Waals surface area (Å²) in [5.41, 5.74) is 4.42. The molecule has 0 radical (unpaired) electrons. The van der Waals surface area contributed by atoms with Crippen molar-refractivity contribution in [2.24, 2.45) is 5.10 Å². The minimum absolute atomic E-state index is 0.215. The Kier molecular flexibility index (Phi) is 3.34. The molecule has 0 fully saturated rings. The van der Waals surface area contributed by atoms with E-state index in [9.17, 15) is 9.59 Å². The van der Waals surface area contributed by atoms with Crippen LogP contribution in [0.2, 0.25) is 0 Å². The normalized spacial score (nSPS) is 15.8. The van der Waals surface area contributed by atoms with Gasteiger partial charge in [-0.05, 0) is 37.3 Å². The molecule has 6 heteroatoms. The molecule has 1 amide bonds. The van der Waals surface area contributed by atoms with E-state index in [4.69, 9.17) is 9.52 Å². The van der Waals surface area contributed by atoms with Crippen LogP contribution in [0.1, 0.15) is 23.0 Å². The van der Waals surface area contributed by atoms with Gasteiger partial charge in [-0.3, -0.25) is 4.79 Å². The van der Waals surface area contributed by atoms with Crippen LogP contribution in [-0.2, 0) is 4.79 Å². The number of benzene rings is 1. The molecule has 0 bridgehead atoms. The lowest BCUT2D eigenvalue weighted by atomic mass is 10.1. The van der Waals surface area contributed by atoms with Crippen molar-refractivity contribution >= 4 is 23.7 Å². The Labute approximate surface area is 125 Å². The number of carbonyl (C=O) groups excluding carboxylic acids is 1. The molecule has 6 nitrogen and oxygen atoms in total. The average molecular weight is 296 g/mol. The van der Waals surface area contributed by atoms with Crippen molar-refractivity contribution in [3.8, 4) is 11.3 Å². The molecule has 0 atom stereocenters. The smallest absolute Gasteiger partial charge is 0.335 e. The monoisotopic (exact) mass is 296 g/mol. The fraction of sp³-hybridized carbons (Fsp3) is 0.0625. The number of furan rings is 1. The van der Waals surface area contributed by atoms with Gasteiger partial charge in [0.2, 0.25) is 0 Å². The fourth-order valence-corrected chi connectivity index (χ4v) is 2.09. The molecule has 1 aliphatic rings. The van der Waals surface area contributed by atoms with E-state index in [-0.39, 0.29) is 11.5 Å². The first kappa shape index (κ1) is 13.8. The second-order valence-electron chi connectivity index (χ2n) is 4.78. The number of carboxylic acids is 1. The summed E-state index contributed by atoms with van der Waals surface area (Å²) < 4.78 is 5.67. The number of carbonyl (C=O) groups is 2. The van der Waals surface area contributed by atoms with Crippen LogP contribution in [0.5, 0.6) is 0 Å². The van der Waals surface area contributed by atoms with Crippen molar-refractivity contribution in [3.63, 3.8) is 0 Å². The van der Waals surface area contributed by atoms with Gasteiger partial charge < -0.3 is 9.52 Å². The Morgan fingerprint density at radius 3 is 2.55 bits per heavy atom. The van der Waals surface area contributed by atoms with Gasteiger partial charge in [0.05, 0.1) is 16.8 Å². The number of amides is 1. The van der Waals surface area contributed by atoms with Crippen LogP contribution in [0.25, 0.3) is 17.4 Å². The summed E-state index contributed by atoms with van der Waals surface area (Å²) >= 11 is 0. The Hall–Kier alpha value is -3.15. The van der Waals surface area contributed by atoms with E-state index in [2.05, 4.69) is 10.5 Å². The summed E-state index contributed by atoms with van der Waals surface area (Å²) in [6.07, 6.45) is 1.62. The predicted octanol–water partition coefficient (Wildman–Crippen LogP) is 2.53. The molecule has 2 aromatic rings. The minimum atomic E-state index is -0.974. The Morgan fingerprint density at radius 2 is 1.95 bits per heavy atom. The van der Waals surface area contributed by atoms with Crippen LogP contribution in [0.3, 0.4) is 0 Å². The number of aromatic carboxylic acids is 1. The number of nitrogens with one attached hydrogen (secondary N) is 1. The molecule has 2 heterocycles. The van der Waals surface area contributed by atoms with Crippen molar-refractivity contribution < 1.29 is 19.1 Å². The predicted molar refractivity (Wildman–Crippen MR) is 80.3 cm³/mol. The highest BCUT2D eigenvalue weighted by Crippen LogP contribution is 2.24. The fourth-order valence-electron chi connectivity index (χ4n) is 2.09. The maximum Gasteiger partial charge on any atom is 0.335 e. The van der Waals surface area contributed by atoms with Gasteiger partial charge in [0, 0.05) is 5.56 Å². The molecular formula is C16H12N2O4. The first-order chi connectivity index (χ1) is 10.5. The van der Waals surface area contributed by atoms with Crippen LogP contribution in [0.15, 0.2) is 51.5 Å². The van der Waals surface area contributed by atoms with Gasteiger partial charge in [0.25, 0.3) is 5.91 Å². The zero-order chi connectivity index (χ0) is 15.7. The third-order valence-electron chi connectivity index (χ3n) is 3.29. The molecule has 1 aromatic carbocycles. The van der Waals surface area contributed by atoms with Crippen molar-refractivity contribution in [2.45, 2.75) is 6.92 Å². The lowest BCUT2D eigenvalue weighted by Crippen LogP contribution is -2.12. The lowest BCUT2D eigenvalue weighted by molar-refractivity contribution is -0.116. The third kappa shape index (κ3) is 2.54. The maximum atomic E-state index is 11.6. The standard InChI is InChI=1S/C16H12N2O4/c1-9-13(15(19)18-17-9)8-12-6-7-14(22-12)10-2-4-11(5-3-10)16(20)21/h2-8H,1H3,(H,18,19)(H,20,21). The summed E-state index contributed by atoms with van der Waals surface area (Å²) in [7, 11) is 0. The van der Waals surface area contributed by atoms with E-state index in [1.807, 2.05) is 0 Å². The van der Waals surface area contributed by atoms with Crippen LogP contribution < -0.4 is 5.43 Å². The van der Waals surface area contributed by atoms with Gasteiger partial charge >= 0.3 is 5.97 Å². The van der Waals surface area contributed by atoms with E-state index in [1.54, 1.807) is 37.3 Å². The Morgan fingerprint density at radius 1 is 1.23 bits per heavy atom. The highest BCUT2D eigenvalue weighted by molar-refractivity contribution is 6.26. The van der Waals surface area contributed by atoms with E-state index < -0.39 is 5.97 Å². The number of hydrazone groups is 1. The molecule has 22 heavy (non-hydrogen) atoms. The number of nitrogens with zero attached hydrogens (tertiary/aromatic N) is 1. The number of carboxylic acid groups (broad SMARTS) is 1. The number of hydrogen-bond acceptors (Lipinski definition) is 4. The second kappa shape index (κ2) is 5.33. The molecule has 0 saturated heterocycles. The van der Waals surface area contributed by atoms with Crippen LogP contribution in [0, 0.1) is 0 Å². The molecule has 1 aromatic heterocycles. The lowest BCUT2D eigenvalue weighted by Gasteiger charge is -1.98. The molecule has 110 valence electrons.